The first-order valence-corrected chi connectivity index (χ1v) is 7.87. The van der Waals surface area contributed by atoms with Crippen LogP contribution >= 0.6 is 0 Å². The molecule has 6 heteroatoms. The highest BCUT2D eigenvalue weighted by atomic mass is 32.2. The van der Waals surface area contributed by atoms with E-state index in [1.165, 1.54) is 21.3 Å². The molecule has 0 unspecified atom stereocenters. The van der Waals surface area contributed by atoms with Crippen molar-refractivity contribution in [2.45, 2.75) is 0 Å². The summed E-state index contributed by atoms with van der Waals surface area (Å²) >= 11 is 0. The van der Waals surface area contributed by atoms with Crippen LogP contribution in [-0.4, -0.2) is 45.6 Å². The number of hydrogen-bond acceptors (Lipinski definition) is 4. The molecule has 106 valence electrons. The maximum Gasteiger partial charge on any atom is 0.255 e. The molecule has 0 aliphatic heterocycles. The summed E-state index contributed by atoms with van der Waals surface area (Å²) in [6.45, 7) is 0. The molecule has 0 aliphatic carbocycles. The van der Waals surface area contributed by atoms with Gasteiger partial charge in [-0.15, -0.1) is 0 Å². The largest absolute Gasteiger partial charge is 0.493 e. The lowest BCUT2D eigenvalue weighted by molar-refractivity contribution is 0.0960. The van der Waals surface area contributed by atoms with Crippen molar-refractivity contribution < 1.29 is 19.0 Å². The molecule has 0 aromatic heterocycles. The van der Waals surface area contributed by atoms with Gasteiger partial charge in [0.2, 0.25) is 5.75 Å². The number of ether oxygens (including phenoxy) is 3. The Morgan fingerprint density at radius 3 is 2.00 bits per heavy atom. The third-order valence-electron chi connectivity index (χ3n) is 2.45. The third kappa shape index (κ3) is 3.96. The van der Waals surface area contributed by atoms with Crippen LogP contribution < -0.4 is 19.5 Å². The number of rotatable bonds is 6. The average Bonchev–Trinajstić information content (AvgIpc) is 2.42. The van der Waals surface area contributed by atoms with Crippen LogP contribution in [0.15, 0.2) is 12.1 Å². The maximum atomic E-state index is 12.0. The van der Waals surface area contributed by atoms with E-state index in [0.717, 1.165) is 0 Å². The van der Waals surface area contributed by atoms with E-state index in [1.54, 1.807) is 12.1 Å². The molecule has 0 spiro atoms. The predicted molar refractivity (Wildman–Crippen MR) is 77.6 cm³/mol. The molecule has 0 aliphatic rings. The minimum atomic E-state index is -0.152. The summed E-state index contributed by atoms with van der Waals surface area (Å²) in [6.07, 6.45) is 4.13. The Bertz CT molecular complexity index is 423. The maximum absolute atomic E-state index is 12.0. The van der Waals surface area contributed by atoms with Crippen LogP contribution in [0.4, 0.5) is 0 Å². The SMILES string of the molecule is COc1cc(C(=O)NC[S+](C)C)cc(OC)c1OC. The second-order valence-electron chi connectivity index (χ2n) is 4.05. The first-order chi connectivity index (χ1) is 9.03. The molecular formula is C13H20NO4S+. The summed E-state index contributed by atoms with van der Waals surface area (Å²) in [7, 11) is 4.72. The van der Waals surface area contributed by atoms with Gasteiger partial charge in [0.05, 0.1) is 33.8 Å². The lowest BCUT2D eigenvalue weighted by Gasteiger charge is -2.13. The van der Waals surface area contributed by atoms with Gasteiger partial charge < -0.3 is 19.5 Å². The first-order valence-electron chi connectivity index (χ1n) is 5.65. The lowest BCUT2D eigenvalue weighted by Crippen LogP contribution is -2.28. The molecule has 19 heavy (non-hydrogen) atoms. The van der Waals surface area contributed by atoms with E-state index in [2.05, 4.69) is 17.8 Å². The van der Waals surface area contributed by atoms with Crippen molar-refractivity contribution in [2.75, 3.05) is 39.7 Å². The van der Waals surface area contributed by atoms with Crippen molar-refractivity contribution in [3.63, 3.8) is 0 Å². The second kappa shape index (κ2) is 7.13. The van der Waals surface area contributed by atoms with Gasteiger partial charge in [0.15, 0.2) is 17.4 Å². The number of hydrogen-bond donors (Lipinski definition) is 1. The fraction of sp³-hybridized carbons (Fsp3) is 0.462. The fourth-order valence-corrected chi connectivity index (χ4v) is 1.94. The zero-order chi connectivity index (χ0) is 14.4. The van der Waals surface area contributed by atoms with Crippen LogP contribution in [0.3, 0.4) is 0 Å². The number of amides is 1. The molecule has 0 radical (unpaired) electrons. The van der Waals surface area contributed by atoms with Gasteiger partial charge in [0, 0.05) is 16.5 Å². The summed E-state index contributed by atoms with van der Waals surface area (Å²) in [4.78, 5) is 12.0. The van der Waals surface area contributed by atoms with Gasteiger partial charge >= 0.3 is 0 Å². The number of benzene rings is 1. The normalized spacial score (nSPS) is 10.2. The molecule has 1 aromatic rings. The highest BCUT2D eigenvalue weighted by Crippen LogP contribution is 2.38. The van der Waals surface area contributed by atoms with Gasteiger partial charge in [-0.1, -0.05) is 0 Å². The van der Waals surface area contributed by atoms with Crippen molar-refractivity contribution in [3.05, 3.63) is 17.7 Å². The lowest BCUT2D eigenvalue weighted by atomic mass is 10.1. The average molecular weight is 286 g/mol. The molecule has 1 rings (SSSR count). The smallest absolute Gasteiger partial charge is 0.255 e. The predicted octanol–water partition coefficient (Wildman–Crippen LogP) is 1.28. The van der Waals surface area contributed by atoms with E-state index >= 15 is 0 Å². The number of nitrogens with one attached hydrogen (secondary N) is 1. The van der Waals surface area contributed by atoms with E-state index in [-0.39, 0.29) is 16.8 Å². The Hall–Kier alpha value is -1.56. The van der Waals surface area contributed by atoms with Crippen molar-refractivity contribution in [1.29, 1.82) is 0 Å². The van der Waals surface area contributed by atoms with E-state index in [0.29, 0.717) is 28.7 Å². The molecule has 1 amide bonds. The molecule has 0 saturated carbocycles. The molecule has 0 saturated heterocycles. The molecular weight excluding hydrogens is 266 g/mol. The summed E-state index contributed by atoms with van der Waals surface area (Å²) in [5, 5.41) is 2.86. The van der Waals surface area contributed by atoms with Crippen LogP contribution in [0.1, 0.15) is 10.4 Å². The van der Waals surface area contributed by atoms with E-state index in [9.17, 15) is 4.79 Å². The van der Waals surface area contributed by atoms with Gasteiger partial charge in [-0.25, -0.2) is 0 Å². The van der Waals surface area contributed by atoms with Crippen LogP contribution in [0.5, 0.6) is 17.2 Å². The molecule has 0 heterocycles. The third-order valence-corrected chi connectivity index (χ3v) is 3.17. The summed E-state index contributed by atoms with van der Waals surface area (Å²) in [5.74, 6) is 1.92. The molecule has 1 aromatic carbocycles. The summed E-state index contributed by atoms with van der Waals surface area (Å²) < 4.78 is 15.6. The van der Waals surface area contributed by atoms with Crippen molar-refractivity contribution in [1.82, 2.24) is 5.32 Å². The zero-order valence-corrected chi connectivity index (χ0v) is 12.7. The Morgan fingerprint density at radius 1 is 1.11 bits per heavy atom. The Labute approximate surface area is 116 Å². The van der Waals surface area contributed by atoms with Crippen LogP contribution in [0.2, 0.25) is 0 Å². The van der Waals surface area contributed by atoms with Crippen molar-refractivity contribution in [3.8, 4) is 17.2 Å². The molecule has 0 atom stereocenters. The monoisotopic (exact) mass is 286 g/mol. The quantitative estimate of drug-likeness (QED) is 0.800. The van der Waals surface area contributed by atoms with Crippen LogP contribution in [0.25, 0.3) is 0 Å². The summed E-state index contributed by atoms with van der Waals surface area (Å²) in [6, 6.07) is 3.28. The van der Waals surface area contributed by atoms with Crippen molar-refractivity contribution >= 4 is 16.8 Å². The van der Waals surface area contributed by atoms with Gasteiger partial charge in [-0.2, -0.15) is 0 Å². The number of carbonyl (C=O) groups excluding carboxylic acids is 1. The molecule has 1 N–H and O–H groups in total. The van der Waals surface area contributed by atoms with Crippen LogP contribution in [-0.2, 0) is 10.9 Å². The standard InChI is InChI=1S/C13H19NO4S/c1-16-10-6-9(13(15)14-8-19(4)5)7-11(17-2)12(10)18-3/h6-7H,8H2,1-5H3/p+1. The topological polar surface area (TPSA) is 56.8 Å². The van der Waals surface area contributed by atoms with Crippen molar-refractivity contribution in [2.24, 2.45) is 0 Å². The Kier molecular flexibility index (Phi) is 5.82. The van der Waals surface area contributed by atoms with E-state index in [4.69, 9.17) is 14.2 Å². The minimum Gasteiger partial charge on any atom is -0.493 e. The van der Waals surface area contributed by atoms with Gasteiger partial charge in [-0.3, -0.25) is 4.79 Å². The molecule has 0 fully saturated rings. The van der Waals surface area contributed by atoms with Crippen LogP contribution in [0, 0.1) is 0 Å². The van der Waals surface area contributed by atoms with Gasteiger partial charge in [-0.05, 0) is 12.1 Å². The molecule has 5 nitrogen and oxygen atoms in total. The molecule has 0 bridgehead atoms. The minimum absolute atomic E-state index is 0.151. The zero-order valence-electron chi connectivity index (χ0n) is 11.9. The highest BCUT2D eigenvalue weighted by molar-refractivity contribution is 7.95. The highest BCUT2D eigenvalue weighted by Gasteiger charge is 2.17. The van der Waals surface area contributed by atoms with E-state index < -0.39 is 0 Å². The Balaban J connectivity index is 3.05. The number of carbonyl (C=O) groups is 1. The second-order valence-corrected chi connectivity index (χ2v) is 6.31. The number of methoxy groups -OCH3 is 3. The Morgan fingerprint density at radius 2 is 1.63 bits per heavy atom. The first kappa shape index (κ1) is 15.5. The van der Waals surface area contributed by atoms with Gasteiger partial charge in [0.25, 0.3) is 5.91 Å². The fourth-order valence-electron chi connectivity index (χ4n) is 1.52. The summed E-state index contributed by atoms with van der Waals surface area (Å²) in [5.41, 5.74) is 0.486. The van der Waals surface area contributed by atoms with E-state index in [1.807, 2.05) is 0 Å². The van der Waals surface area contributed by atoms with Gasteiger partial charge in [0.1, 0.15) is 0 Å².